The summed E-state index contributed by atoms with van der Waals surface area (Å²) in [6.45, 7) is 17.0. The van der Waals surface area contributed by atoms with E-state index in [0.29, 0.717) is 12.4 Å². The highest BCUT2D eigenvalue weighted by Gasteiger charge is 2.11. The summed E-state index contributed by atoms with van der Waals surface area (Å²) < 4.78 is 0. The van der Waals surface area contributed by atoms with Crippen LogP contribution in [0, 0.1) is 0 Å². The quantitative estimate of drug-likeness (QED) is 0.142. The molecule has 1 aliphatic rings. The summed E-state index contributed by atoms with van der Waals surface area (Å²) in [5.41, 5.74) is 20.2. The van der Waals surface area contributed by atoms with Crippen molar-refractivity contribution in [3.8, 4) is 0 Å². The molecule has 0 aliphatic carbocycles. The number of nitrogens with two attached hydrogens (primary N) is 2. The molecule has 0 aromatic heterocycles. The second kappa shape index (κ2) is 23.7. The zero-order valence-electron chi connectivity index (χ0n) is 27.3. The molecule has 42 heavy (non-hydrogen) atoms. The van der Waals surface area contributed by atoms with Crippen LogP contribution in [0.15, 0.2) is 102 Å². The van der Waals surface area contributed by atoms with E-state index in [1.807, 2.05) is 91.6 Å². The first kappa shape index (κ1) is 38.1. The van der Waals surface area contributed by atoms with Crippen LogP contribution in [0.2, 0.25) is 0 Å². The van der Waals surface area contributed by atoms with Gasteiger partial charge in [-0.1, -0.05) is 50.8 Å². The van der Waals surface area contributed by atoms with E-state index in [1.54, 1.807) is 6.08 Å². The monoisotopic (exact) mass is 575 g/mol. The van der Waals surface area contributed by atoms with E-state index in [0.717, 1.165) is 44.8 Å². The lowest BCUT2D eigenvalue weighted by atomic mass is 9.95. The molecule has 7 nitrogen and oxygen atoms in total. The Balaban J connectivity index is 0.00000212. The second-order valence-corrected chi connectivity index (χ2v) is 9.11. The first-order valence-corrected chi connectivity index (χ1v) is 14.9. The maximum atomic E-state index is 6.09. The lowest BCUT2D eigenvalue weighted by Gasteiger charge is -2.16. The topological polar surface area (TPSA) is 112 Å². The van der Waals surface area contributed by atoms with E-state index in [-0.39, 0.29) is 0 Å². The summed E-state index contributed by atoms with van der Waals surface area (Å²) in [7, 11) is 5.72. The number of anilines is 1. The van der Waals surface area contributed by atoms with Gasteiger partial charge in [0.1, 0.15) is 0 Å². The largest absolute Gasteiger partial charge is 0.394 e. The standard InChI is InChI=1S/C29H42N6.C4H9N.C2H6/c1-8-11-12-29(31)35-20-24(19-30)23-13-14-27(33-6)26(17-23)22(10-3)18-28(34-7)25(15-16-32-5)21(4)9-2;1-2-4-5-3-1;1-2/h8-18,20,32-35H,3,19,30-31H2,1-2,4-7H3;5H,1-4H2;1-2H3/b11-8-,16-15?,21-9+,22-18+,24-20+,28-25-,29-12+;;. The van der Waals surface area contributed by atoms with E-state index in [1.165, 1.54) is 25.9 Å². The summed E-state index contributed by atoms with van der Waals surface area (Å²) in [6.07, 6.45) is 20.3. The van der Waals surface area contributed by atoms with Crippen LogP contribution < -0.4 is 38.1 Å². The average Bonchev–Trinajstić information content (AvgIpc) is 3.63. The van der Waals surface area contributed by atoms with E-state index in [9.17, 15) is 0 Å². The van der Waals surface area contributed by atoms with E-state index >= 15 is 0 Å². The molecule has 0 atom stereocenters. The summed E-state index contributed by atoms with van der Waals surface area (Å²) in [5, 5.41) is 16.0. The van der Waals surface area contributed by atoms with E-state index < -0.39 is 0 Å². The third-order valence-electron chi connectivity index (χ3n) is 6.38. The van der Waals surface area contributed by atoms with Gasteiger partial charge in [0.15, 0.2) is 0 Å². The summed E-state index contributed by atoms with van der Waals surface area (Å²) in [5.74, 6) is 0.540. The normalized spacial score (nSPS) is 14.9. The molecule has 1 aromatic rings. The molecule has 1 saturated heterocycles. The van der Waals surface area contributed by atoms with Crippen molar-refractivity contribution in [1.82, 2.24) is 21.3 Å². The molecule has 0 amide bonds. The predicted octanol–water partition coefficient (Wildman–Crippen LogP) is 6.13. The van der Waals surface area contributed by atoms with E-state index in [2.05, 4.69) is 64.4 Å². The maximum absolute atomic E-state index is 6.09. The third-order valence-corrected chi connectivity index (χ3v) is 6.38. The first-order valence-electron chi connectivity index (χ1n) is 14.9. The molecule has 232 valence electrons. The fourth-order valence-electron chi connectivity index (χ4n) is 3.95. The molecule has 7 heteroatoms. The zero-order valence-corrected chi connectivity index (χ0v) is 27.3. The van der Waals surface area contributed by atoms with Gasteiger partial charge < -0.3 is 38.1 Å². The highest BCUT2D eigenvalue weighted by Crippen LogP contribution is 2.30. The molecular formula is C35H57N7. The van der Waals surface area contributed by atoms with Gasteiger partial charge in [-0.05, 0) is 106 Å². The Morgan fingerprint density at radius 1 is 1.10 bits per heavy atom. The summed E-state index contributed by atoms with van der Waals surface area (Å²) in [6, 6.07) is 6.21. The Kier molecular flexibility index (Phi) is 21.5. The van der Waals surface area contributed by atoms with Crippen molar-refractivity contribution in [2.75, 3.05) is 46.1 Å². The molecule has 1 fully saturated rings. The molecule has 1 aromatic carbocycles. The van der Waals surface area contributed by atoms with Crippen molar-refractivity contribution in [3.05, 3.63) is 114 Å². The number of benzene rings is 1. The van der Waals surface area contributed by atoms with Gasteiger partial charge >= 0.3 is 0 Å². The minimum absolute atomic E-state index is 0.358. The minimum atomic E-state index is 0.358. The molecular weight excluding hydrogens is 518 g/mol. The highest BCUT2D eigenvalue weighted by molar-refractivity contribution is 5.86. The Hall–Kier alpha value is -3.94. The molecule has 1 heterocycles. The first-order chi connectivity index (χ1) is 20.4. The summed E-state index contributed by atoms with van der Waals surface area (Å²) >= 11 is 0. The van der Waals surface area contributed by atoms with Crippen molar-refractivity contribution in [1.29, 1.82) is 0 Å². The van der Waals surface area contributed by atoms with Crippen LogP contribution in [0.3, 0.4) is 0 Å². The summed E-state index contributed by atoms with van der Waals surface area (Å²) in [4.78, 5) is 0. The smallest absolute Gasteiger partial charge is 0.1000 e. The van der Waals surface area contributed by atoms with Crippen LogP contribution >= 0.6 is 0 Å². The Bertz CT molecular complexity index is 1140. The number of nitrogens with one attached hydrogen (secondary N) is 5. The second-order valence-electron chi connectivity index (χ2n) is 9.11. The molecule has 9 N–H and O–H groups in total. The highest BCUT2D eigenvalue weighted by atomic mass is 15.0. The SMILES string of the molecule is C1CCNC1.C=C\C(=C/C(NC)=C(C=CNC)/C(C)=C/C)c1cc(/C(=C/N/C(N)=C/C=C\C)CN)ccc1NC.CC. The number of hydrogen-bond acceptors (Lipinski definition) is 7. The number of allylic oxidation sites excluding steroid dienone is 10. The lowest BCUT2D eigenvalue weighted by molar-refractivity contribution is 0.857. The molecule has 0 radical (unpaired) electrons. The maximum Gasteiger partial charge on any atom is 0.1000 e. The van der Waals surface area contributed by atoms with E-state index in [4.69, 9.17) is 11.5 Å². The minimum Gasteiger partial charge on any atom is -0.394 e. The Labute approximate surface area is 256 Å². The number of likely N-dealkylation sites (N-methyl/N-ethyl adjacent to an activating group) is 1. The third kappa shape index (κ3) is 13.6. The van der Waals surface area contributed by atoms with Gasteiger partial charge in [-0.15, -0.1) is 0 Å². The Morgan fingerprint density at radius 2 is 1.79 bits per heavy atom. The van der Waals surface area contributed by atoms with Gasteiger partial charge in [0.2, 0.25) is 0 Å². The van der Waals surface area contributed by atoms with Crippen LogP contribution in [0.1, 0.15) is 58.6 Å². The van der Waals surface area contributed by atoms with Gasteiger partial charge in [-0.3, -0.25) is 0 Å². The van der Waals surface area contributed by atoms with Crippen LogP contribution in [-0.2, 0) is 0 Å². The average molecular weight is 576 g/mol. The molecule has 0 bridgehead atoms. The van der Waals surface area contributed by atoms with Crippen molar-refractivity contribution in [3.63, 3.8) is 0 Å². The predicted molar refractivity (Wildman–Crippen MR) is 189 cm³/mol. The zero-order chi connectivity index (χ0) is 31.8. The van der Waals surface area contributed by atoms with Gasteiger partial charge in [0.25, 0.3) is 0 Å². The number of hydrogen-bond donors (Lipinski definition) is 7. The van der Waals surface area contributed by atoms with Crippen LogP contribution in [0.4, 0.5) is 5.69 Å². The molecule has 2 rings (SSSR count). The Morgan fingerprint density at radius 3 is 2.26 bits per heavy atom. The van der Waals surface area contributed by atoms with Gasteiger partial charge in [0, 0.05) is 56.4 Å². The van der Waals surface area contributed by atoms with Crippen molar-refractivity contribution < 1.29 is 0 Å². The number of rotatable bonds is 13. The lowest BCUT2D eigenvalue weighted by Crippen LogP contribution is -2.16. The van der Waals surface area contributed by atoms with Crippen molar-refractivity contribution >= 4 is 16.8 Å². The van der Waals surface area contributed by atoms with Crippen LogP contribution in [0.5, 0.6) is 0 Å². The van der Waals surface area contributed by atoms with Gasteiger partial charge in [-0.2, -0.15) is 0 Å². The van der Waals surface area contributed by atoms with Crippen molar-refractivity contribution in [2.24, 2.45) is 11.5 Å². The fourth-order valence-corrected chi connectivity index (χ4v) is 3.95. The van der Waals surface area contributed by atoms with Crippen molar-refractivity contribution in [2.45, 2.75) is 47.5 Å². The fraction of sp³-hybridized carbons (Fsp3) is 0.371. The van der Waals surface area contributed by atoms with Gasteiger partial charge in [-0.25, -0.2) is 0 Å². The van der Waals surface area contributed by atoms with Crippen LogP contribution in [-0.4, -0.2) is 40.8 Å². The van der Waals surface area contributed by atoms with Crippen LogP contribution in [0.25, 0.3) is 11.1 Å². The van der Waals surface area contributed by atoms with Gasteiger partial charge in [0.05, 0.1) is 5.82 Å². The molecule has 0 saturated carbocycles. The molecule has 0 spiro atoms. The molecule has 0 unspecified atom stereocenters. The molecule has 1 aliphatic heterocycles.